The van der Waals surface area contributed by atoms with Crippen LogP contribution in [0.2, 0.25) is 5.02 Å². The molecule has 4 rings (SSSR count). The van der Waals surface area contributed by atoms with Gasteiger partial charge in [0.1, 0.15) is 0 Å². The van der Waals surface area contributed by atoms with E-state index in [9.17, 15) is 0 Å². The summed E-state index contributed by atoms with van der Waals surface area (Å²) in [6, 6.07) is 8.41. The molecule has 0 spiro atoms. The van der Waals surface area contributed by atoms with E-state index in [1.807, 2.05) is 11.3 Å². The van der Waals surface area contributed by atoms with Gasteiger partial charge in [0, 0.05) is 59.6 Å². The van der Waals surface area contributed by atoms with Crippen molar-refractivity contribution >= 4 is 44.4 Å². The number of piperazine rings is 1. The Morgan fingerprint density at radius 2 is 1.79 bits per heavy atom. The molecule has 0 radical (unpaired) electrons. The molecule has 0 aliphatic carbocycles. The molecule has 6 heteroatoms. The fourth-order valence-electron chi connectivity index (χ4n) is 3.18. The van der Waals surface area contributed by atoms with Crippen molar-refractivity contribution < 1.29 is 0 Å². The number of thiophene rings is 1. The molecular weight excluding hydrogens is 358 g/mol. The average Bonchev–Trinajstić information content (AvgIpc) is 3.14. The lowest BCUT2D eigenvalue weighted by Crippen LogP contribution is -2.45. The van der Waals surface area contributed by atoms with Crippen LogP contribution in [0, 0.1) is 6.92 Å². The van der Waals surface area contributed by atoms with Crippen LogP contribution in [0.25, 0.3) is 10.1 Å². The first-order valence-electron chi connectivity index (χ1n) is 8.20. The fourth-order valence-corrected chi connectivity index (χ4v) is 5.32. The summed E-state index contributed by atoms with van der Waals surface area (Å²) in [5, 5.41) is 5.47. The predicted molar refractivity (Wildman–Crippen MR) is 104 cm³/mol. The molecule has 24 heavy (non-hydrogen) atoms. The van der Waals surface area contributed by atoms with Gasteiger partial charge in [-0.15, -0.1) is 22.7 Å². The largest absolute Gasteiger partial charge is 0.296 e. The summed E-state index contributed by atoms with van der Waals surface area (Å²) in [6.45, 7) is 8.38. The molecule has 1 aliphatic rings. The number of halogens is 1. The quantitative estimate of drug-likeness (QED) is 0.660. The second kappa shape index (κ2) is 7.10. The molecule has 0 saturated carbocycles. The van der Waals surface area contributed by atoms with E-state index in [4.69, 9.17) is 11.6 Å². The molecule has 0 unspecified atom stereocenters. The smallest absolute Gasteiger partial charge is 0.0897 e. The van der Waals surface area contributed by atoms with Gasteiger partial charge in [-0.2, -0.15) is 0 Å². The topological polar surface area (TPSA) is 19.4 Å². The van der Waals surface area contributed by atoms with E-state index in [1.165, 1.54) is 20.7 Å². The van der Waals surface area contributed by atoms with E-state index in [0.29, 0.717) is 0 Å². The monoisotopic (exact) mass is 377 g/mol. The van der Waals surface area contributed by atoms with Crippen LogP contribution in [0.1, 0.15) is 15.6 Å². The van der Waals surface area contributed by atoms with Crippen molar-refractivity contribution in [2.75, 3.05) is 26.2 Å². The number of nitrogens with zero attached hydrogens (tertiary/aromatic N) is 3. The Bertz CT molecular complexity index is 834. The third kappa shape index (κ3) is 3.51. The first-order valence-corrected chi connectivity index (χ1v) is 10.3. The van der Waals surface area contributed by atoms with Crippen molar-refractivity contribution in [1.82, 2.24) is 14.8 Å². The summed E-state index contributed by atoms with van der Waals surface area (Å²) in [6.07, 6.45) is 0. The molecule has 3 heterocycles. The van der Waals surface area contributed by atoms with Crippen LogP contribution < -0.4 is 0 Å². The minimum atomic E-state index is 0.941. The maximum atomic E-state index is 6.58. The summed E-state index contributed by atoms with van der Waals surface area (Å²) in [7, 11) is 0. The highest BCUT2D eigenvalue weighted by molar-refractivity contribution is 7.19. The van der Waals surface area contributed by atoms with Crippen LogP contribution in [-0.4, -0.2) is 41.0 Å². The zero-order chi connectivity index (χ0) is 16.5. The summed E-state index contributed by atoms with van der Waals surface area (Å²) in [5.74, 6) is 0. The third-order valence-electron chi connectivity index (χ3n) is 4.49. The summed E-state index contributed by atoms with van der Waals surface area (Å²) in [4.78, 5) is 10.9. The van der Waals surface area contributed by atoms with Gasteiger partial charge < -0.3 is 0 Å². The lowest BCUT2D eigenvalue weighted by molar-refractivity contribution is 0.122. The lowest BCUT2D eigenvalue weighted by Gasteiger charge is -2.34. The van der Waals surface area contributed by atoms with Crippen LogP contribution in [0.5, 0.6) is 0 Å². The lowest BCUT2D eigenvalue weighted by atomic mass is 10.2. The van der Waals surface area contributed by atoms with Crippen LogP contribution >= 0.6 is 34.3 Å². The van der Waals surface area contributed by atoms with Gasteiger partial charge in [-0.25, -0.2) is 4.98 Å². The molecule has 3 aromatic rings. The number of thiazole rings is 1. The van der Waals surface area contributed by atoms with Gasteiger partial charge in [-0.1, -0.05) is 29.8 Å². The number of benzene rings is 1. The summed E-state index contributed by atoms with van der Waals surface area (Å²) >= 11 is 10.1. The highest BCUT2D eigenvalue weighted by Crippen LogP contribution is 2.36. The Hall–Kier alpha value is -0.980. The van der Waals surface area contributed by atoms with E-state index in [2.05, 4.69) is 51.4 Å². The molecule has 3 nitrogen and oxygen atoms in total. The molecule has 126 valence electrons. The number of aryl methyl sites for hydroxylation is 1. The second-order valence-corrected chi connectivity index (χ2v) is 8.82. The minimum Gasteiger partial charge on any atom is -0.296 e. The second-order valence-electron chi connectivity index (χ2n) is 6.25. The molecule has 1 fully saturated rings. The highest BCUT2D eigenvalue weighted by atomic mass is 35.5. The highest BCUT2D eigenvalue weighted by Gasteiger charge is 2.20. The van der Waals surface area contributed by atoms with E-state index in [0.717, 1.165) is 49.3 Å². The van der Waals surface area contributed by atoms with Gasteiger partial charge >= 0.3 is 0 Å². The van der Waals surface area contributed by atoms with Crippen molar-refractivity contribution in [2.45, 2.75) is 20.0 Å². The van der Waals surface area contributed by atoms with Crippen LogP contribution in [-0.2, 0) is 13.1 Å². The van der Waals surface area contributed by atoms with Gasteiger partial charge in [0.2, 0.25) is 0 Å². The fraction of sp³-hybridized carbons (Fsp3) is 0.389. The van der Waals surface area contributed by atoms with Crippen molar-refractivity contribution in [3.63, 3.8) is 0 Å². The van der Waals surface area contributed by atoms with Gasteiger partial charge in [-0.3, -0.25) is 9.80 Å². The van der Waals surface area contributed by atoms with Crippen molar-refractivity contribution in [2.24, 2.45) is 0 Å². The Morgan fingerprint density at radius 1 is 1.08 bits per heavy atom. The number of fused-ring (bicyclic) bond motifs is 1. The number of hydrogen-bond acceptors (Lipinski definition) is 5. The van der Waals surface area contributed by atoms with Gasteiger partial charge in [0.15, 0.2) is 0 Å². The Balaban J connectivity index is 1.36. The molecule has 2 aromatic heterocycles. The van der Waals surface area contributed by atoms with Crippen molar-refractivity contribution in [3.05, 3.63) is 50.2 Å². The van der Waals surface area contributed by atoms with Gasteiger partial charge in [0.25, 0.3) is 0 Å². The molecule has 1 saturated heterocycles. The maximum Gasteiger partial charge on any atom is 0.0897 e. The molecule has 1 aromatic carbocycles. The summed E-state index contributed by atoms with van der Waals surface area (Å²) < 4.78 is 1.29. The minimum absolute atomic E-state index is 0.941. The van der Waals surface area contributed by atoms with Gasteiger partial charge in [-0.05, 0) is 13.0 Å². The Morgan fingerprint density at radius 3 is 2.46 bits per heavy atom. The molecule has 0 amide bonds. The predicted octanol–water partition coefficient (Wildman–Crippen LogP) is 4.64. The van der Waals surface area contributed by atoms with Crippen LogP contribution in [0.3, 0.4) is 0 Å². The average molecular weight is 378 g/mol. The van der Waals surface area contributed by atoms with Gasteiger partial charge in [0.05, 0.1) is 15.7 Å². The van der Waals surface area contributed by atoms with E-state index in [-0.39, 0.29) is 0 Å². The van der Waals surface area contributed by atoms with E-state index < -0.39 is 0 Å². The zero-order valence-electron chi connectivity index (χ0n) is 13.7. The third-order valence-corrected chi connectivity index (χ3v) is 7.01. The Kier molecular flexibility index (Phi) is 4.88. The molecule has 1 aliphatic heterocycles. The van der Waals surface area contributed by atoms with E-state index >= 15 is 0 Å². The number of rotatable bonds is 4. The normalized spacial score (nSPS) is 16.9. The first kappa shape index (κ1) is 16.5. The zero-order valence-corrected chi connectivity index (χ0v) is 16.1. The van der Waals surface area contributed by atoms with Crippen LogP contribution in [0.4, 0.5) is 0 Å². The standard InChI is InChI=1S/C18H20ClN3S2/c1-13-20-14(12-23-13)10-21-6-8-22(9-7-21)11-17-18(19)15-4-2-3-5-16(15)24-17/h2-5,12H,6-11H2,1H3. The number of hydrogen-bond donors (Lipinski definition) is 0. The molecular formula is C18H20ClN3S2. The molecule has 0 N–H and O–H groups in total. The summed E-state index contributed by atoms with van der Waals surface area (Å²) in [5.41, 5.74) is 1.21. The maximum absolute atomic E-state index is 6.58. The van der Waals surface area contributed by atoms with Crippen LogP contribution in [0.15, 0.2) is 29.6 Å². The van der Waals surface area contributed by atoms with Crippen molar-refractivity contribution in [1.29, 1.82) is 0 Å². The Labute approximate surface area is 155 Å². The van der Waals surface area contributed by atoms with E-state index in [1.54, 1.807) is 11.3 Å². The molecule has 0 atom stereocenters. The SMILES string of the molecule is Cc1nc(CN2CCN(Cc3sc4ccccc4c3Cl)CC2)cs1. The molecule has 0 bridgehead atoms. The number of aromatic nitrogens is 1. The van der Waals surface area contributed by atoms with Crippen molar-refractivity contribution in [3.8, 4) is 0 Å². The first-order chi connectivity index (χ1) is 11.7.